The first-order valence-electron chi connectivity index (χ1n) is 7.18. The van der Waals surface area contributed by atoms with Crippen LogP contribution in [0.5, 0.6) is 0 Å². The van der Waals surface area contributed by atoms with Crippen molar-refractivity contribution in [2.24, 2.45) is 0 Å². The molecule has 116 valence electrons. The average molecular weight is 318 g/mol. The van der Waals surface area contributed by atoms with E-state index in [2.05, 4.69) is 20.2 Å². The summed E-state index contributed by atoms with van der Waals surface area (Å²) in [5.74, 6) is -0.0837. The normalized spacial score (nSPS) is 17.1. The van der Waals surface area contributed by atoms with Gasteiger partial charge in [-0.25, -0.2) is 0 Å². The molecular formula is C15H18N4O2S. The second kappa shape index (κ2) is 6.51. The fourth-order valence-electron chi connectivity index (χ4n) is 2.61. The number of nitrogens with zero attached hydrogens (tertiary/aromatic N) is 2. The predicted octanol–water partition coefficient (Wildman–Crippen LogP) is 1.91. The van der Waals surface area contributed by atoms with Gasteiger partial charge in [0, 0.05) is 23.7 Å². The fourth-order valence-corrected chi connectivity index (χ4v) is 3.08. The Labute approximate surface area is 133 Å². The highest BCUT2D eigenvalue weighted by Gasteiger charge is 2.39. The van der Waals surface area contributed by atoms with Gasteiger partial charge in [0.25, 0.3) is 5.91 Å². The summed E-state index contributed by atoms with van der Waals surface area (Å²) in [5.41, 5.74) is 1.85. The minimum absolute atomic E-state index is 0.0837. The van der Waals surface area contributed by atoms with Crippen molar-refractivity contribution in [3.05, 3.63) is 29.6 Å². The van der Waals surface area contributed by atoms with E-state index in [0.29, 0.717) is 12.8 Å². The highest BCUT2D eigenvalue weighted by molar-refractivity contribution is 7.03. The van der Waals surface area contributed by atoms with Crippen LogP contribution >= 0.6 is 11.5 Å². The van der Waals surface area contributed by atoms with E-state index < -0.39 is 5.60 Å². The Bertz CT molecular complexity index is 622. The van der Waals surface area contributed by atoms with Crippen LogP contribution in [0, 0.1) is 0 Å². The molecule has 1 amide bonds. The van der Waals surface area contributed by atoms with Gasteiger partial charge in [-0.1, -0.05) is 16.6 Å². The Balaban J connectivity index is 1.71. The summed E-state index contributed by atoms with van der Waals surface area (Å²) in [5, 5.41) is 12.1. The molecule has 0 spiro atoms. The molecule has 22 heavy (non-hydrogen) atoms. The van der Waals surface area contributed by atoms with E-state index in [9.17, 15) is 4.79 Å². The number of benzene rings is 1. The van der Waals surface area contributed by atoms with Crippen LogP contribution in [0.2, 0.25) is 0 Å². The third-order valence-electron chi connectivity index (χ3n) is 4.01. The van der Waals surface area contributed by atoms with Gasteiger partial charge in [-0.2, -0.15) is 0 Å². The second-order valence-electron chi connectivity index (χ2n) is 5.27. The summed E-state index contributed by atoms with van der Waals surface area (Å²) >= 11 is 1.32. The van der Waals surface area contributed by atoms with Crippen molar-refractivity contribution in [2.75, 3.05) is 25.5 Å². The second-order valence-corrected chi connectivity index (χ2v) is 5.88. The number of carbonyl (C=O) groups excluding carboxylic acids is 1. The highest BCUT2D eigenvalue weighted by Crippen LogP contribution is 2.25. The topological polar surface area (TPSA) is 76.1 Å². The Kier molecular flexibility index (Phi) is 4.47. The molecule has 1 aromatic heterocycles. The highest BCUT2D eigenvalue weighted by atomic mass is 32.1. The van der Waals surface area contributed by atoms with E-state index in [4.69, 9.17) is 4.74 Å². The van der Waals surface area contributed by atoms with Crippen LogP contribution in [0.25, 0.3) is 11.3 Å². The van der Waals surface area contributed by atoms with Crippen molar-refractivity contribution in [1.29, 1.82) is 0 Å². The van der Waals surface area contributed by atoms with Crippen LogP contribution in [0.3, 0.4) is 0 Å². The lowest BCUT2D eigenvalue weighted by Gasteiger charge is -2.34. The standard InChI is InChI=1S/C15H18N4O2S/c1-21-15(6-8-16-9-7-15)14(20)17-12-4-2-11(3-5-12)13-10-22-19-18-13/h2-5,10,16H,6-9H2,1H3,(H,17,20). The molecule has 0 atom stereocenters. The molecule has 2 N–H and O–H groups in total. The maximum atomic E-state index is 12.5. The van der Waals surface area contributed by atoms with E-state index in [0.717, 1.165) is 30.0 Å². The van der Waals surface area contributed by atoms with Gasteiger partial charge >= 0.3 is 0 Å². The van der Waals surface area contributed by atoms with Crippen molar-refractivity contribution in [2.45, 2.75) is 18.4 Å². The number of amides is 1. The van der Waals surface area contributed by atoms with Gasteiger partial charge < -0.3 is 15.4 Å². The maximum Gasteiger partial charge on any atom is 0.256 e. The van der Waals surface area contributed by atoms with Crippen molar-refractivity contribution >= 4 is 23.1 Å². The molecule has 6 nitrogen and oxygen atoms in total. The SMILES string of the molecule is COC1(C(=O)Nc2ccc(-c3csnn3)cc2)CCNCC1. The van der Waals surface area contributed by atoms with E-state index in [1.54, 1.807) is 7.11 Å². The number of methoxy groups -OCH3 is 1. The average Bonchev–Trinajstić information content (AvgIpc) is 3.10. The molecule has 3 rings (SSSR count). The number of aromatic nitrogens is 2. The van der Waals surface area contributed by atoms with Crippen LogP contribution in [0.1, 0.15) is 12.8 Å². The zero-order chi connectivity index (χ0) is 15.4. The molecule has 2 heterocycles. The third-order valence-corrected chi connectivity index (χ3v) is 4.52. The van der Waals surface area contributed by atoms with Crippen LogP contribution in [0.4, 0.5) is 5.69 Å². The molecule has 1 aromatic carbocycles. The van der Waals surface area contributed by atoms with E-state index in [1.165, 1.54) is 11.5 Å². The smallest absolute Gasteiger partial charge is 0.256 e. The summed E-state index contributed by atoms with van der Waals surface area (Å²) in [4.78, 5) is 12.5. The first-order chi connectivity index (χ1) is 10.7. The quantitative estimate of drug-likeness (QED) is 0.900. The molecule has 2 aromatic rings. The minimum Gasteiger partial charge on any atom is -0.368 e. The van der Waals surface area contributed by atoms with Gasteiger partial charge in [0.2, 0.25) is 0 Å². The molecule has 1 fully saturated rings. The van der Waals surface area contributed by atoms with E-state index >= 15 is 0 Å². The third kappa shape index (κ3) is 3.01. The van der Waals surface area contributed by atoms with Gasteiger partial charge in [-0.15, -0.1) is 5.10 Å². The van der Waals surface area contributed by atoms with Crippen LogP contribution in [-0.2, 0) is 9.53 Å². The molecule has 0 aliphatic carbocycles. The van der Waals surface area contributed by atoms with Gasteiger partial charge in [-0.05, 0) is 49.6 Å². The number of nitrogens with one attached hydrogen (secondary N) is 2. The summed E-state index contributed by atoms with van der Waals surface area (Å²) in [6, 6.07) is 7.59. The summed E-state index contributed by atoms with van der Waals surface area (Å²) in [6.07, 6.45) is 1.36. The van der Waals surface area contributed by atoms with E-state index in [1.807, 2.05) is 29.6 Å². The fraction of sp³-hybridized carbons (Fsp3) is 0.400. The lowest BCUT2D eigenvalue weighted by molar-refractivity contribution is -0.140. The van der Waals surface area contributed by atoms with E-state index in [-0.39, 0.29) is 5.91 Å². The van der Waals surface area contributed by atoms with Crippen LogP contribution in [-0.4, -0.2) is 41.3 Å². The molecule has 0 saturated carbocycles. The number of anilines is 1. The Morgan fingerprint density at radius 3 is 2.64 bits per heavy atom. The lowest BCUT2D eigenvalue weighted by atomic mass is 9.91. The van der Waals surface area contributed by atoms with Crippen molar-refractivity contribution in [1.82, 2.24) is 14.9 Å². The number of hydrogen-bond donors (Lipinski definition) is 2. The van der Waals surface area contributed by atoms with Gasteiger partial charge in [0.1, 0.15) is 11.3 Å². The number of piperidine rings is 1. The predicted molar refractivity (Wildman–Crippen MR) is 85.8 cm³/mol. The maximum absolute atomic E-state index is 12.5. The first-order valence-corrected chi connectivity index (χ1v) is 8.02. The van der Waals surface area contributed by atoms with Gasteiger partial charge in [-0.3, -0.25) is 4.79 Å². The van der Waals surface area contributed by atoms with Crippen molar-refractivity contribution in [3.63, 3.8) is 0 Å². The lowest BCUT2D eigenvalue weighted by Crippen LogP contribution is -2.51. The molecule has 0 radical (unpaired) electrons. The Morgan fingerprint density at radius 1 is 1.32 bits per heavy atom. The molecular weight excluding hydrogens is 300 g/mol. The van der Waals surface area contributed by atoms with Crippen LogP contribution < -0.4 is 10.6 Å². The minimum atomic E-state index is -0.733. The number of carbonyl (C=O) groups is 1. The largest absolute Gasteiger partial charge is 0.368 e. The summed E-state index contributed by atoms with van der Waals surface area (Å²) < 4.78 is 9.38. The summed E-state index contributed by atoms with van der Waals surface area (Å²) in [6.45, 7) is 1.58. The monoisotopic (exact) mass is 318 g/mol. The van der Waals surface area contributed by atoms with Crippen molar-refractivity contribution < 1.29 is 9.53 Å². The molecule has 7 heteroatoms. The number of ether oxygens (including phenoxy) is 1. The molecule has 0 bridgehead atoms. The van der Waals surface area contributed by atoms with Crippen LogP contribution in [0.15, 0.2) is 29.6 Å². The Morgan fingerprint density at radius 2 is 2.05 bits per heavy atom. The van der Waals surface area contributed by atoms with Gasteiger partial charge in [0.05, 0.1) is 0 Å². The molecule has 0 unspecified atom stereocenters. The summed E-state index contributed by atoms with van der Waals surface area (Å²) in [7, 11) is 1.60. The first kappa shape index (κ1) is 15.1. The van der Waals surface area contributed by atoms with Gasteiger partial charge in [0.15, 0.2) is 0 Å². The molecule has 1 aliphatic rings. The zero-order valence-electron chi connectivity index (χ0n) is 12.3. The zero-order valence-corrected chi connectivity index (χ0v) is 13.2. The molecule has 1 aliphatic heterocycles. The van der Waals surface area contributed by atoms with Crippen molar-refractivity contribution in [3.8, 4) is 11.3 Å². The number of hydrogen-bond acceptors (Lipinski definition) is 6. The molecule has 1 saturated heterocycles. The Hall–Kier alpha value is -1.83. The number of rotatable bonds is 4.